The average Bonchev–Trinajstić information content (AvgIpc) is 2.67. The van der Waals surface area contributed by atoms with E-state index >= 15 is 0 Å². The van der Waals surface area contributed by atoms with E-state index in [0.29, 0.717) is 17.7 Å². The number of esters is 1. The highest BCUT2D eigenvalue weighted by Crippen LogP contribution is 2.17. The van der Waals surface area contributed by atoms with Crippen LogP contribution in [0.5, 0.6) is 5.75 Å². The third kappa shape index (κ3) is 6.17. The molecule has 0 saturated heterocycles. The number of carbonyl (C=O) groups excluding carboxylic acids is 3. The van der Waals surface area contributed by atoms with Gasteiger partial charge in [0, 0.05) is 18.0 Å². The summed E-state index contributed by atoms with van der Waals surface area (Å²) in [5, 5.41) is 2.93. The first-order valence-electron chi connectivity index (χ1n) is 9.25. The minimum atomic E-state index is -0.849. The summed E-state index contributed by atoms with van der Waals surface area (Å²) in [4.78, 5) is 35.5. The number of nitrogens with one attached hydrogen (secondary N) is 1. The number of hydrogen-bond donors (Lipinski definition) is 1. The molecule has 0 aliphatic heterocycles. The van der Waals surface area contributed by atoms with E-state index in [4.69, 9.17) is 9.47 Å². The van der Waals surface area contributed by atoms with Gasteiger partial charge in [0.05, 0.1) is 0 Å². The number of Topliss-reactive ketones (excluding diaryl/α,β-unsaturated/α-hetero) is 1. The second-order valence-electron chi connectivity index (χ2n) is 6.57. The van der Waals surface area contributed by atoms with E-state index in [0.717, 1.165) is 25.7 Å². The molecule has 1 aliphatic rings. The van der Waals surface area contributed by atoms with Crippen LogP contribution in [0.4, 0.5) is 0 Å². The van der Waals surface area contributed by atoms with Crippen molar-refractivity contribution in [2.45, 2.75) is 64.5 Å². The molecule has 1 saturated carbocycles. The van der Waals surface area contributed by atoms with Gasteiger partial charge in [-0.1, -0.05) is 26.2 Å². The highest BCUT2D eigenvalue weighted by atomic mass is 16.6. The van der Waals surface area contributed by atoms with Crippen molar-refractivity contribution in [3.8, 4) is 5.75 Å². The molecule has 0 spiro atoms. The number of rotatable bonds is 8. The molecule has 1 aromatic rings. The zero-order chi connectivity index (χ0) is 18.9. The minimum absolute atomic E-state index is 0.0498. The minimum Gasteiger partial charge on any atom is -0.482 e. The fourth-order valence-electron chi connectivity index (χ4n) is 2.93. The van der Waals surface area contributed by atoms with Crippen molar-refractivity contribution in [3.05, 3.63) is 29.8 Å². The van der Waals surface area contributed by atoms with Crippen molar-refractivity contribution in [1.82, 2.24) is 5.32 Å². The summed E-state index contributed by atoms with van der Waals surface area (Å²) in [6.07, 6.45) is 5.00. The summed E-state index contributed by atoms with van der Waals surface area (Å²) < 4.78 is 10.5. The Kier molecular flexibility index (Phi) is 7.63. The van der Waals surface area contributed by atoms with Crippen molar-refractivity contribution >= 4 is 17.7 Å². The van der Waals surface area contributed by atoms with E-state index in [2.05, 4.69) is 5.32 Å². The first-order chi connectivity index (χ1) is 12.5. The van der Waals surface area contributed by atoms with Crippen molar-refractivity contribution in [1.29, 1.82) is 0 Å². The quantitative estimate of drug-likeness (QED) is 0.568. The van der Waals surface area contributed by atoms with Crippen LogP contribution in [0.2, 0.25) is 0 Å². The van der Waals surface area contributed by atoms with E-state index in [1.807, 2.05) is 0 Å². The Morgan fingerprint density at radius 1 is 1.12 bits per heavy atom. The van der Waals surface area contributed by atoms with Gasteiger partial charge in [-0.25, -0.2) is 4.79 Å². The fourth-order valence-corrected chi connectivity index (χ4v) is 2.93. The Morgan fingerprint density at radius 3 is 2.38 bits per heavy atom. The van der Waals surface area contributed by atoms with Gasteiger partial charge in [0.1, 0.15) is 5.75 Å². The standard InChI is InChI=1S/C20H27NO5/c1-3-18(22)15-9-11-17(12-10-15)25-13-19(23)26-14(2)20(24)21-16-7-5-4-6-8-16/h9-12,14,16H,3-8,13H2,1-2H3,(H,21,24)/t14-/m0/s1. The summed E-state index contributed by atoms with van der Waals surface area (Å²) in [7, 11) is 0. The summed E-state index contributed by atoms with van der Waals surface area (Å²) in [6.45, 7) is 3.07. The normalized spacial score (nSPS) is 15.8. The van der Waals surface area contributed by atoms with Crippen molar-refractivity contribution in [2.24, 2.45) is 0 Å². The number of benzene rings is 1. The molecule has 1 atom stereocenters. The molecule has 1 N–H and O–H groups in total. The van der Waals surface area contributed by atoms with Gasteiger partial charge in [0.15, 0.2) is 18.5 Å². The van der Waals surface area contributed by atoms with Gasteiger partial charge in [-0.15, -0.1) is 0 Å². The van der Waals surface area contributed by atoms with E-state index < -0.39 is 12.1 Å². The lowest BCUT2D eigenvalue weighted by molar-refractivity contribution is -0.156. The van der Waals surface area contributed by atoms with Crippen molar-refractivity contribution < 1.29 is 23.9 Å². The number of carbonyl (C=O) groups is 3. The molecule has 142 valence electrons. The summed E-state index contributed by atoms with van der Waals surface area (Å²) >= 11 is 0. The molecular formula is C20H27NO5. The van der Waals surface area contributed by atoms with Gasteiger partial charge in [-0.2, -0.15) is 0 Å². The van der Waals surface area contributed by atoms with Crippen LogP contribution >= 0.6 is 0 Å². The molecule has 6 nitrogen and oxygen atoms in total. The number of amides is 1. The maximum Gasteiger partial charge on any atom is 0.344 e. The molecule has 0 radical (unpaired) electrons. The number of ether oxygens (including phenoxy) is 2. The largest absolute Gasteiger partial charge is 0.482 e. The Hall–Kier alpha value is -2.37. The Morgan fingerprint density at radius 2 is 1.77 bits per heavy atom. The molecule has 1 amide bonds. The van der Waals surface area contributed by atoms with Crippen LogP contribution in [0.15, 0.2) is 24.3 Å². The van der Waals surface area contributed by atoms with Gasteiger partial charge in [-0.3, -0.25) is 9.59 Å². The molecule has 6 heteroatoms. The molecule has 2 rings (SSSR count). The predicted octanol–water partition coefficient (Wildman–Crippen LogP) is 3.04. The van der Waals surface area contributed by atoms with E-state index in [-0.39, 0.29) is 24.3 Å². The second-order valence-corrected chi connectivity index (χ2v) is 6.57. The molecule has 1 aliphatic carbocycles. The topological polar surface area (TPSA) is 81.7 Å². The molecule has 0 aromatic heterocycles. The molecule has 0 unspecified atom stereocenters. The molecule has 1 aromatic carbocycles. The Balaban J connectivity index is 1.73. The van der Waals surface area contributed by atoms with Crippen molar-refractivity contribution in [3.63, 3.8) is 0 Å². The highest BCUT2D eigenvalue weighted by molar-refractivity contribution is 5.95. The van der Waals surface area contributed by atoms with Crippen LogP contribution in [0, 0.1) is 0 Å². The van der Waals surface area contributed by atoms with Gasteiger partial charge in [0.2, 0.25) is 0 Å². The van der Waals surface area contributed by atoms with E-state index in [1.54, 1.807) is 38.1 Å². The number of ketones is 1. The zero-order valence-corrected chi connectivity index (χ0v) is 15.5. The zero-order valence-electron chi connectivity index (χ0n) is 15.5. The predicted molar refractivity (Wildman–Crippen MR) is 97.1 cm³/mol. The first kappa shape index (κ1) is 19.9. The fraction of sp³-hybridized carbons (Fsp3) is 0.550. The molecule has 26 heavy (non-hydrogen) atoms. The molecule has 0 bridgehead atoms. The lowest BCUT2D eigenvalue weighted by atomic mass is 9.95. The second kappa shape index (κ2) is 9.94. The van der Waals surface area contributed by atoms with E-state index in [9.17, 15) is 14.4 Å². The number of hydrogen-bond acceptors (Lipinski definition) is 5. The van der Waals surface area contributed by atoms with Crippen LogP contribution in [0.1, 0.15) is 62.7 Å². The highest BCUT2D eigenvalue weighted by Gasteiger charge is 2.22. The maximum atomic E-state index is 12.1. The van der Waals surface area contributed by atoms with Crippen LogP contribution in [-0.2, 0) is 14.3 Å². The van der Waals surface area contributed by atoms with Gasteiger partial charge in [0.25, 0.3) is 5.91 Å². The monoisotopic (exact) mass is 361 g/mol. The summed E-state index contributed by atoms with van der Waals surface area (Å²) in [6, 6.07) is 6.77. The third-order valence-corrected chi connectivity index (χ3v) is 4.48. The van der Waals surface area contributed by atoms with Crippen LogP contribution < -0.4 is 10.1 Å². The van der Waals surface area contributed by atoms with Crippen molar-refractivity contribution in [2.75, 3.05) is 6.61 Å². The first-order valence-corrected chi connectivity index (χ1v) is 9.25. The lowest BCUT2D eigenvalue weighted by Gasteiger charge is -2.24. The SMILES string of the molecule is CCC(=O)c1ccc(OCC(=O)O[C@@H](C)C(=O)NC2CCCCC2)cc1. The van der Waals surface area contributed by atoms with Gasteiger partial charge < -0.3 is 14.8 Å². The third-order valence-electron chi connectivity index (χ3n) is 4.48. The molecule has 0 heterocycles. The Bertz CT molecular complexity index is 620. The lowest BCUT2D eigenvalue weighted by Crippen LogP contribution is -2.43. The summed E-state index contributed by atoms with van der Waals surface area (Å²) in [5.41, 5.74) is 0.607. The van der Waals surface area contributed by atoms with Gasteiger partial charge >= 0.3 is 5.97 Å². The molecule has 1 fully saturated rings. The summed E-state index contributed by atoms with van der Waals surface area (Å²) in [5.74, 6) is -0.361. The van der Waals surface area contributed by atoms with E-state index in [1.165, 1.54) is 6.42 Å². The Labute approximate surface area is 154 Å². The van der Waals surface area contributed by atoms with Crippen LogP contribution in [0.3, 0.4) is 0 Å². The maximum absolute atomic E-state index is 12.1. The molecular weight excluding hydrogens is 334 g/mol. The van der Waals surface area contributed by atoms with Crippen LogP contribution in [-0.4, -0.2) is 36.4 Å². The average molecular weight is 361 g/mol. The van der Waals surface area contributed by atoms with Gasteiger partial charge in [-0.05, 0) is 44.0 Å². The smallest absolute Gasteiger partial charge is 0.344 e. The van der Waals surface area contributed by atoms with Crippen LogP contribution in [0.25, 0.3) is 0 Å².